The summed E-state index contributed by atoms with van der Waals surface area (Å²) in [5.41, 5.74) is -0.972. The monoisotopic (exact) mass is 289 g/mol. The van der Waals surface area contributed by atoms with Gasteiger partial charge in [-0.1, -0.05) is 18.2 Å². The number of halogens is 1. The van der Waals surface area contributed by atoms with Gasteiger partial charge in [-0.3, -0.25) is 9.80 Å². The van der Waals surface area contributed by atoms with Gasteiger partial charge in [0.25, 0.3) is 0 Å². The van der Waals surface area contributed by atoms with Crippen LogP contribution < -0.4 is 4.90 Å². The first kappa shape index (κ1) is 13.8. The first-order valence-corrected chi connectivity index (χ1v) is 6.98. The number of amides is 1. The molecule has 5 nitrogen and oxygen atoms in total. The number of para-hydroxylation sites is 1. The molecule has 2 aliphatic heterocycles. The molecule has 1 aromatic carbocycles. The normalized spacial score (nSPS) is 25.4. The van der Waals surface area contributed by atoms with Crippen LogP contribution in [0.5, 0.6) is 0 Å². The van der Waals surface area contributed by atoms with Crippen LogP contribution in [-0.4, -0.2) is 42.5 Å². The van der Waals surface area contributed by atoms with Crippen LogP contribution in [0.15, 0.2) is 30.3 Å². The summed E-state index contributed by atoms with van der Waals surface area (Å²) in [7, 11) is 0. The van der Waals surface area contributed by atoms with Gasteiger partial charge in [-0.2, -0.15) is 5.26 Å². The van der Waals surface area contributed by atoms with E-state index >= 15 is 0 Å². The maximum absolute atomic E-state index is 14.0. The minimum absolute atomic E-state index is 0.164. The van der Waals surface area contributed by atoms with Crippen molar-refractivity contribution in [1.82, 2.24) is 4.90 Å². The summed E-state index contributed by atoms with van der Waals surface area (Å²) < 4.78 is 19.1. The van der Waals surface area contributed by atoms with Gasteiger partial charge in [-0.25, -0.2) is 9.18 Å². The average Bonchev–Trinajstić information content (AvgIpc) is 2.91. The van der Waals surface area contributed by atoms with E-state index < -0.39 is 5.67 Å². The molecule has 2 aliphatic rings. The Morgan fingerprint density at radius 1 is 1.29 bits per heavy atom. The quantitative estimate of drug-likeness (QED) is 0.838. The van der Waals surface area contributed by atoms with Crippen molar-refractivity contribution in [1.29, 1.82) is 5.26 Å². The van der Waals surface area contributed by atoms with E-state index in [9.17, 15) is 9.18 Å². The zero-order valence-electron chi connectivity index (χ0n) is 11.5. The largest absolute Gasteiger partial charge is 0.445 e. The van der Waals surface area contributed by atoms with Gasteiger partial charge in [0.05, 0.1) is 0 Å². The van der Waals surface area contributed by atoms with Crippen molar-refractivity contribution in [2.45, 2.75) is 24.7 Å². The van der Waals surface area contributed by atoms with E-state index in [-0.39, 0.29) is 31.7 Å². The Bertz CT molecular complexity index is 564. The number of rotatable bonds is 2. The molecule has 0 N–H and O–H groups in total. The molecule has 3 rings (SSSR count). The summed E-state index contributed by atoms with van der Waals surface area (Å²) in [4.78, 5) is 15.6. The van der Waals surface area contributed by atoms with E-state index in [0.717, 1.165) is 5.69 Å². The van der Waals surface area contributed by atoms with Gasteiger partial charge in [0.1, 0.15) is 18.8 Å². The van der Waals surface area contributed by atoms with Gasteiger partial charge in [-0.05, 0) is 12.1 Å². The third kappa shape index (κ3) is 2.57. The molecular formula is C15H16FN3O2. The number of nitrogens with zero attached hydrogens (tertiary/aromatic N) is 3. The Morgan fingerprint density at radius 2 is 1.95 bits per heavy atom. The van der Waals surface area contributed by atoms with Crippen LogP contribution >= 0.6 is 0 Å². The Morgan fingerprint density at radius 3 is 2.57 bits per heavy atom. The molecule has 1 amide bonds. The molecule has 0 radical (unpaired) electrons. The number of benzene rings is 1. The van der Waals surface area contributed by atoms with Gasteiger partial charge in [-0.15, -0.1) is 0 Å². The van der Waals surface area contributed by atoms with E-state index in [1.165, 1.54) is 0 Å². The van der Waals surface area contributed by atoms with Crippen LogP contribution in [-0.2, 0) is 4.74 Å². The Hall–Kier alpha value is -2.13. The first-order valence-electron chi connectivity index (χ1n) is 6.98. The minimum Gasteiger partial charge on any atom is -0.445 e. The van der Waals surface area contributed by atoms with Crippen molar-refractivity contribution < 1.29 is 13.9 Å². The zero-order chi connectivity index (χ0) is 14.9. The summed E-state index contributed by atoms with van der Waals surface area (Å²) in [5.74, 6) is 0. The van der Waals surface area contributed by atoms with E-state index in [4.69, 9.17) is 10.00 Å². The maximum atomic E-state index is 14.0. The van der Waals surface area contributed by atoms with E-state index in [1.807, 2.05) is 35.2 Å². The highest BCUT2D eigenvalue weighted by Crippen LogP contribution is 2.31. The van der Waals surface area contributed by atoms with Gasteiger partial charge in [0.2, 0.25) is 0 Å². The van der Waals surface area contributed by atoms with Crippen molar-refractivity contribution in [3.8, 4) is 6.07 Å². The zero-order valence-corrected chi connectivity index (χ0v) is 11.5. The third-order valence-electron chi connectivity index (χ3n) is 4.10. The van der Waals surface area contributed by atoms with Gasteiger partial charge < -0.3 is 4.74 Å². The van der Waals surface area contributed by atoms with E-state index in [1.54, 1.807) is 11.0 Å². The smallest absolute Gasteiger partial charge is 0.415 e. The first-order chi connectivity index (χ1) is 10.1. The molecule has 2 fully saturated rings. The molecule has 0 aliphatic carbocycles. The lowest BCUT2D eigenvalue weighted by Crippen LogP contribution is -2.52. The van der Waals surface area contributed by atoms with Crippen molar-refractivity contribution in [2.24, 2.45) is 0 Å². The second kappa shape index (κ2) is 5.34. The molecule has 21 heavy (non-hydrogen) atoms. The number of cyclic esters (lactones) is 1. The lowest BCUT2D eigenvalue weighted by Gasteiger charge is -2.38. The second-order valence-corrected chi connectivity index (χ2v) is 5.38. The summed E-state index contributed by atoms with van der Waals surface area (Å²) in [6, 6.07) is 11.0. The fourth-order valence-corrected chi connectivity index (χ4v) is 2.83. The fraction of sp³-hybridized carbons (Fsp3) is 0.467. The van der Waals surface area contributed by atoms with Crippen LogP contribution in [0.3, 0.4) is 0 Å². The molecule has 2 heterocycles. The van der Waals surface area contributed by atoms with Crippen LogP contribution in [0.2, 0.25) is 0 Å². The Balaban J connectivity index is 1.76. The molecule has 0 bridgehead atoms. The number of hydrogen-bond acceptors (Lipinski definition) is 4. The van der Waals surface area contributed by atoms with E-state index in [0.29, 0.717) is 13.1 Å². The maximum Gasteiger partial charge on any atom is 0.415 e. The minimum atomic E-state index is -1.74. The van der Waals surface area contributed by atoms with Crippen LogP contribution in [0, 0.1) is 11.3 Å². The fourth-order valence-electron chi connectivity index (χ4n) is 2.83. The highest BCUT2D eigenvalue weighted by atomic mass is 19.1. The van der Waals surface area contributed by atoms with Gasteiger partial charge in [0.15, 0.2) is 5.67 Å². The lowest BCUT2D eigenvalue weighted by molar-refractivity contribution is 0.0690. The number of carbonyl (C=O) groups is 1. The molecule has 2 saturated heterocycles. The molecule has 0 spiro atoms. The van der Waals surface area contributed by atoms with Gasteiger partial charge >= 0.3 is 6.09 Å². The summed E-state index contributed by atoms with van der Waals surface area (Å²) in [5, 5.41) is 8.84. The van der Waals surface area contributed by atoms with Gasteiger partial charge in [0, 0.05) is 31.6 Å². The lowest BCUT2D eigenvalue weighted by atomic mass is 9.95. The molecule has 6 heteroatoms. The molecule has 1 aromatic rings. The number of anilines is 1. The van der Waals surface area contributed by atoms with Crippen LogP contribution in [0.4, 0.5) is 14.9 Å². The van der Waals surface area contributed by atoms with Crippen LogP contribution in [0.1, 0.15) is 12.8 Å². The number of nitriles is 1. The van der Waals surface area contributed by atoms with E-state index in [2.05, 4.69) is 0 Å². The SMILES string of the molecule is N#CC1(F)CCN(C2COC(=O)N2c2ccccc2)CC1. The Labute approximate surface area is 122 Å². The van der Waals surface area contributed by atoms with Crippen molar-refractivity contribution in [3.63, 3.8) is 0 Å². The predicted octanol–water partition coefficient (Wildman–Crippen LogP) is 2.30. The third-order valence-corrected chi connectivity index (χ3v) is 4.10. The topological polar surface area (TPSA) is 56.6 Å². The number of carbonyl (C=O) groups excluding carboxylic acids is 1. The van der Waals surface area contributed by atoms with Crippen LogP contribution in [0.25, 0.3) is 0 Å². The standard InChI is InChI=1S/C15H16FN3O2/c16-15(11-17)6-8-18(9-7-15)13-10-21-14(20)19(13)12-4-2-1-3-5-12/h1-5,13H,6-10H2. The second-order valence-electron chi connectivity index (χ2n) is 5.38. The molecule has 0 aromatic heterocycles. The predicted molar refractivity (Wildman–Crippen MR) is 74.3 cm³/mol. The summed E-state index contributed by atoms with van der Waals surface area (Å²) >= 11 is 0. The van der Waals surface area contributed by atoms with Crippen molar-refractivity contribution >= 4 is 11.8 Å². The number of alkyl halides is 1. The highest BCUT2D eigenvalue weighted by Gasteiger charge is 2.42. The molecule has 0 saturated carbocycles. The number of hydrogen-bond donors (Lipinski definition) is 0. The Kier molecular flexibility index (Phi) is 3.52. The molecule has 110 valence electrons. The molecule has 1 unspecified atom stereocenters. The number of ether oxygens (including phenoxy) is 1. The number of likely N-dealkylation sites (tertiary alicyclic amines) is 1. The highest BCUT2D eigenvalue weighted by molar-refractivity contribution is 5.90. The van der Waals surface area contributed by atoms with Crippen molar-refractivity contribution in [3.05, 3.63) is 30.3 Å². The summed E-state index contributed by atoms with van der Waals surface area (Å²) in [6.07, 6.45) is -0.292. The average molecular weight is 289 g/mol. The molecular weight excluding hydrogens is 273 g/mol. The molecule has 1 atom stereocenters. The summed E-state index contributed by atoms with van der Waals surface area (Å²) in [6.45, 7) is 1.14. The van der Waals surface area contributed by atoms with Crippen molar-refractivity contribution in [2.75, 3.05) is 24.6 Å². The number of piperidine rings is 1.